The zero-order chi connectivity index (χ0) is 15.5. The molecular formula is C12H28O6P2. The predicted molar refractivity (Wildman–Crippen MR) is 80.8 cm³/mol. The fraction of sp³-hybridized carbons (Fsp3) is 1.00. The summed E-state index contributed by atoms with van der Waals surface area (Å²) in [5.41, 5.74) is 0. The van der Waals surface area contributed by atoms with Crippen molar-refractivity contribution in [3.8, 4) is 0 Å². The Hall–Kier alpha value is 0.300. The Morgan fingerprint density at radius 1 is 0.850 bits per heavy atom. The van der Waals surface area contributed by atoms with Gasteiger partial charge in [0, 0.05) is 12.8 Å². The maximum absolute atomic E-state index is 12.7. The number of hydrogen-bond acceptors (Lipinski definition) is 6. The van der Waals surface area contributed by atoms with Crippen molar-refractivity contribution in [3.05, 3.63) is 0 Å². The minimum Gasteiger partial charge on any atom is -0.396 e. The van der Waals surface area contributed by atoms with Crippen molar-refractivity contribution in [1.29, 1.82) is 0 Å². The monoisotopic (exact) mass is 330 g/mol. The van der Waals surface area contributed by atoms with Gasteiger partial charge in [0.05, 0.1) is 19.8 Å². The smallest absolute Gasteiger partial charge is 0.340 e. The number of unbranched alkanes of at least 4 members (excludes halogenated alkanes) is 2. The van der Waals surface area contributed by atoms with Crippen LogP contribution >= 0.6 is 15.0 Å². The summed E-state index contributed by atoms with van der Waals surface area (Å²) in [4.78, 5) is 0. The summed E-state index contributed by atoms with van der Waals surface area (Å²) in [6.07, 6.45) is 2.43. The molecule has 0 aromatic carbocycles. The van der Waals surface area contributed by atoms with Crippen molar-refractivity contribution in [2.24, 2.45) is 0 Å². The predicted octanol–water partition coefficient (Wildman–Crippen LogP) is 3.69. The maximum atomic E-state index is 12.7. The number of aliphatic hydroxyl groups excluding tert-OH is 1. The van der Waals surface area contributed by atoms with E-state index in [2.05, 4.69) is 0 Å². The molecule has 0 aliphatic heterocycles. The minimum absolute atomic E-state index is 0.120. The topological polar surface area (TPSA) is 82.1 Å². The van der Waals surface area contributed by atoms with E-state index in [1.807, 2.05) is 0 Å². The molecule has 0 heterocycles. The molecule has 0 fully saturated rings. The molecular weight excluding hydrogens is 302 g/mol. The third-order valence-corrected chi connectivity index (χ3v) is 8.70. The van der Waals surface area contributed by atoms with Crippen LogP contribution in [-0.2, 0) is 22.7 Å². The van der Waals surface area contributed by atoms with Gasteiger partial charge in [0.25, 0.3) is 0 Å². The van der Waals surface area contributed by atoms with Gasteiger partial charge in [0.2, 0.25) is 7.37 Å². The second kappa shape index (κ2) is 10.9. The molecule has 1 unspecified atom stereocenters. The summed E-state index contributed by atoms with van der Waals surface area (Å²) in [6, 6.07) is 0. The van der Waals surface area contributed by atoms with Crippen molar-refractivity contribution >= 4 is 15.0 Å². The number of rotatable bonds is 13. The molecule has 0 aliphatic rings. The molecule has 0 amide bonds. The van der Waals surface area contributed by atoms with Gasteiger partial charge in [-0.1, -0.05) is 6.42 Å². The fourth-order valence-electron chi connectivity index (χ4n) is 1.83. The molecule has 1 atom stereocenters. The van der Waals surface area contributed by atoms with Crippen LogP contribution in [0, 0.1) is 0 Å². The first-order chi connectivity index (χ1) is 9.45. The fourth-order valence-corrected chi connectivity index (χ4v) is 7.65. The number of aliphatic hydroxyl groups is 1. The Balaban J connectivity index is 4.69. The van der Waals surface area contributed by atoms with Crippen molar-refractivity contribution in [1.82, 2.24) is 0 Å². The lowest BCUT2D eigenvalue weighted by Crippen LogP contribution is -2.06. The Labute approximate surface area is 122 Å². The van der Waals surface area contributed by atoms with Crippen molar-refractivity contribution < 1.29 is 27.8 Å². The minimum atomic E-state index is -3.36. The molecule has 0 saturated carbocycles. The van der Waals surface area contributed by atoms with Crippen LogP contribution in [0.5, 0.6) is 0 Å². The van der Waals surface area contributed by atoms with Gasteiger partial charge < -0.3 is 18.7 Å². The molecule has 0 aliphatic carbocycles. The standard InChI is InChI=1S/C12H28O6P2/c1-4-16-19(14,11-9-7-8-10-13)12-20(15,17-5-2)18-6-3/h13H,4-12H2,1-3H3. The van der Waals surface area contributed by atoms with E-state index in [1.54, 1.807) is 20.8 Å². The van der Waals surface area contributed by atoms with Crippen LogP contribution in [0.3, 0.4) is 0 Å². The lowest BCUT2D eigenvalue weighted by Gasteiger charge is -2.23. The van der Waals surface area contributed by atoms with Gasteiger partial charge in [0.15, 0.2) is 0 Å². The zero-order valence-electron chi connectivity index (χ0n) is 12.7. The highest BCUT2D eigenvalue weighted by atomic mass is 31.2. The van der Waals surface area contributed by atoms with E-state index in [4.69, 9.17) is 18.7 Å². The molecule has 0 radical (unpaired) electrons. The van der Waals surface area contributed by atoms with Gasteiger partial charge >= 0.3 is 7.60 Å². The van der Waals surface area contributed by atoms with E-state index < -0.39 is 15.0 Å². The van der Waals surface area contributed by atoms with Crippen LogP contribution in [0.4, 0.5) is 0 Å². The third kappa shape index (κ3) is 8.56. The summed E-state index contributed by atoms with van der Waals surface area (Å²) in [7, 11) is -6.40. The van der Waals surface area contributed by atoms with Crippen LogP contribution < -0.4 is 0 Å². The van der Waals surface area contributed by atoms with E-state index in [1.165, 1.54) is 0 Å². The molecule has 1 N–H and O–H groups in total. The van der Waals surface area contributed by atoms with Crippen LogP contribution in [-0.4, -0.2) is 43.6 Å². The van der Waals surface area contributed by atoms with Crippen LogP contribution in [0.1, 0.15) is 40.0 Å². The van der Waals surface area contributed by atoms with Crippen molar-refractivity contribution in [2.45, 2.75) is 40.0 Å². The summed E-state index contributed by atoms with van der Waals surface area (Å²) >= 11 is 0. The molecule has 0 aromatic heterocycles. The van der Waals surface area contributed by atoms with Gasteiger partial charge in [0.1, 0.15) is 5.90 Å². The quantitative estimate of drug-likeness (QED) is 0.410. The normalized spacial score (nSPS) is 15.2. The van der Waals surface area contributed by atoms with Crippen molar-refractivity contribution in [3.63, 3.8) is 0 Å². The summed E-state index contributed by atoms with van der Waals surface area (Å²) < 4.78 is 40.9. The Bertz CT molecular complexity index is 324. The molecule has 20 heavy (non-hydrogen) atoms. The average molecular weight is 330 g/mol. The molecule has 0 spiro atoms. The highest BCUT2D eigenvalue weighted by molar-refractivity contribution is 7.73. The average Bonchev–Trinajstić information content (AvgIpc) is 2.35. The van der Waals surface area contributed by atoms with E-state index >= 15 is 0 Å². The molecule has 0 aromatic rings. The van der Waals surface area contributed by atoms with E-state index in [9.17, 15) is 9.13 Å². The molecule has 0 saturated heterocycles. The highest BCUT2D eigenvalue weighted by Gasteiger charge is 2.36. The second-order valence-electron chi connectivity index (χ2n) is 4.33. The highest BCUT2D eigenvalue weighted by Crippen LogP contribution is 2.63. The van der Waals surface area contributed by atoms with Crippen molar-refractivity contribution in [2.75, 3.05) is 38.5 Å². The first-order valence-electron chi connectivity index (χ1n) is 7.17. The molecule has 122 valence electrons. The maximum Gasteiger partial charge on any atom is 0.340 e. The summed E-state index contributed by atoms with van der Waals surface area (Å²) in [6.45, 7) is 6.11. The van der Waals surface area contributed by atoms with E-state index in [0.29, 0.717) is 25.6 Å². The first-order valence-corrected chi connectivity index (χ1v) is 10.9. The van der Waals surface area contributed by atoms with Gasteiger partial charge in [-0.15, -0.1) is 0 Å². The van der Waals surface area contributed by atoms with E-state index in [-0.39, 0.29) is 25.7 Å². The largest absolute Gasteiger partial charge is 0.396 e. The molecule has 6 nitrogen and oxygen atoms in total. The second-order valence-corrected chi connectivity index (χ2v) is 9.53. The van der Waals surface area contributed by atoms with Gasteiger partial charge in [-0.05, 0) is 33.6 Å². The Kier molecular flexibility index (Phi) is 11.1. The molecule has 0 bridgehead atoms. The van der Waals surface area contributed by atoms with Crippen LogP contribution in [0.15, 0.2) is 0 Å². The molecule has 0 rings (SSSR count). The lowest BCUT2D eigenvalue weighted by molar-refractivity contribution is 0.222. The summed E-state index contributed by atoms with van der Waals surface area (Å²) in [5, 5.41) is 8.74. The van der Waals surface area contributed by atoms with Gasteiger partial charge in [-0.3, -0.25) is 9.13 Å². The van der Waals surface area contributed by atoms with E-state index in [0.717, 1.165) is 6.42 Å². The van der Waals surface area contributed by atoms with Crippen LogP contribution in [0.25, 0.3) is 0 Å². The Morgan fingerprint density at radius 3 is 1.85 bits per heavy atom. The van der Waals surface area contributed by atoms with Crippen LogP contribution in [0.2, 0.25) is 0 Å². The van der Waals surface area contributed by atoms with Gasteiger partial charge in [-0.25, -0.2) is 0 Å². The Morgan fingerprint density at radius 2 is 1.40 bits per heavy atom. The van der Waals surface area contributed by atoms with Gasteiger partial charge in [-0.2, -0.15) is 0 Å². The lowest BCUT2D eigenvalue weighted by atomic mass is 10.3. The first kappa shape index (κ1) is 20.3. The third-order valence-electron chi connectivity index (χ3n) is 2.56. The number of hydrogen-bond donors (Lipinski definition) is 1. The zero-order valence-corrected chi connectivity index (χ0v) is 14.5. The summed E-state index contributed by atoms with van der Waals surface area (Å²) in [5.74, 6) is -0.172. The molecule has 8 heteroatoms. The SMILES string of the molecule is CCOP(=O)(CCCCCO)CP(=O)(OCC)OCC.